The lowest BCUT2D eigenvalue weighted by Crippen LogP contribution is -2.22. The number of aromatic hydroxyl groups is 1. The van der Waals surface area contributed by atoms with Gasteiger partial charge in [-0.05, 0) is 62.1 Å². The van der Waals surface area contributed by atoms with E-state index in [0.717, 1.165) is 29.6 Å². The number of carbonyl (C=O) groups is 1. The van der Waals surface area contributed by atoms with E-state index in [4.69, 9.17) is 14.2 Å². The molecular weight excluding hydrogens is 428 g/mol. The van der Waals surface area contributed by atoms with Gasteiger partial charge in [0.2, 0.25) is 0 Å². The van der Waals surface area contributed by atoms with Crippen LogP contribution in [0.2, 0.25) is 0 Å². The minimum Gasteiger partial charge on any atom is -0.508 e. The van der Waals surface area contributed by atoms with Crippen molar-refractivity contribution in [2.24, 2.45) is 5.92 Å². The van der Waals surface area contributed by atoms with Gasteiger partial charge >= 0.3 is 5.97 Å². The van der Waals surface area contributed by atoms with Crippen molar-refractivity contribution in [3.05, 3.63) is 84.5 Å². The normalized spacial score (nSPS) is 11.4. The van der Waals surface area contributed by atoms with Crippen LogP contribution in [0.25, 0.3) is 12.2 Å². The number of allylic oxidation sites excluding steroid dienone is 2. The molecule has 2 aromatic carbocycles. The first-order chi connectivity index (χ1) is 16.1. The highest BCUT2D eigenvalue weighted by Crippen LogP contribution is 2.14. The highest BCUT2D eigenvalue weighted by atomic mass is 16.6. The van der Waals surface area contributed by atoms with Gasteiger partial charge in [0.15, 0.2) is 0 Å². The number of phenolic OH excluding ortho intramolecular Hbond substituents is 1. The van der Waals surface area contributed by atoms with Crippen molar-refractivity contribution < 1.29 is 24.1 Å². The van der Waals surface area contributed by atoms with E-state index in [1.807, 2.05) is 81.5 Å². The molecule has 0 aliphatic rings. The average molecular weight is 467 g/mol. The van der Waals surface area contributed by atoms with Crippen LogP contribution in [0.1, 0.15) is 45.7 Å². The Bertz CT molecular complexity index is 901. The maximum absolute atomic E-state index is 10.5. The van der Waals surface area contributed by atoms with Gasteiger partial charge in [-0.15, -0.1) is 0 Å². The summed E-state index contributed by atoms with van der Waals surface area (Å²) in [5.74, 6) is 1.31. The predicted molar refractivity (Wildman–Crippen MR) is 140 cm³/mol. The quantitative estimate of drug-likeness (QED) is 0.183. The average Bonchev–Trinajstić information content (AvgIpc) is 2.77. The van der Waals surface area contributed by atoms with Gasteiger partial charge < -0.3 is 19.3 Å². The zero-order chi connectivity index (χ0) is 25.4. The Morgan fingerprint density at radius 2 is 1.47 bits per heavy atom. The first kappa shape index (κ1) is 28.7. The molecule has 34 heavy (non-hydrogen) atoms. The number of esters is 1. The number of benzene rings is 2. The van der Waals surface area contributed by atoms with Crippen molar-refractivity contribution in [3.63, 3.8) is 0 Å². The molecule has 0 heterocycles. The Labute approximate surface area is 204 Å². The first-order valence-electron chi connectivity index (χ1n) is 11.4. The third kappa shape index (κ3) is 14.7. The second-order valence-corrected chi connectivity index (χ2v) is 8.93. The number of hydrogen-bond donors (Lipinski definition) is 1. The summed E-state index contributed by atoms with van der Waals surface area (Å²) in [5, 5.41) is 9.25. The van der Waals surface area contributed by atoms with Crippen LogP contribution < -0.4 is 4.74 Å². The third-order valence-electron chi connectivity index (χ3n) is 3.98. The largest absolute Gasteiger partial charge is 0.508 e. The molecule has 2 rings (SSSR count). The first-order valence-corrected chi connectivity index (χ1v) is 11.4. The van der Waals surface area contributed by atoms with Crippen LogP contribution in [0.5, 0.6) is 11.5 Å². The van der Waals surface area contributed by atoms with Crippen molar-refractivity contribution in [2.75, 3.05) is 19.8 Å². The summed E-state index contributed by atoms with van der Waals surface area (Å²) in [7, 11) is 0. The summed E-state index contributed by atoms with van der Waals surface area (Å²) >= 11 is 0. The summed E-state index contributed by atoms with van der Waals surface area (Å²) in [6, 6.07) is 15.1. The van der Waals surface area contributed by atoms with Gasteiger partial charge in [0, 0.05) is 12.7 Å². The third-order valence-corrected chi connectivity index (χ3v) is 3.98. The summed E-state index contributed by atoms with van der Waals surface area (Å²) in [4.78, 5) is 10.5. The number of ether oxygens (including phenoxy) is 3. The lowest BCUT2D eigenvalue weighted by Gasteiger charge is -2.17. The summed E-state index contributed by atoms with van der Waals surface area (Å²) in [6.45, 7) is 14.9. The van der Waals surface area contributed by atoms with Crippen molar-refractivity contribution in [2.45, 2.75) is 40.2 Å². The van der Waals surface area contributed by atoms with Gasteiger partial charge in [-0.25, -0.2) is 4.79 Å². The molecule has 0 aliphatic carbocycles. The van der Waals surface area contributed by atoms with E-state index in [1.54, 1.807) is 12.1 Å². The highest BCUT2D eigenvalue weighted by Gasteiger charge is 2.12. The topological polar surface area (TPSA) is 65.0 Å². The molecule has 0 atom stereocenters. The predicted octanol–water partition coefficient (Wildman–Crippen LogP) is 6.68. The zero-order valence-electron chi connectivity index (χ0n) is 21.0. The van der Waals surface area contributed by atoms with Gasteiger partial charge in [0.05, 0.1) is 6.61 Å². The van der Waals surface area contributed by atoms with E-state index < -0.39 is 5.60 Å². The molecule has 0 aromatic heterocycles. The zero-order valence-corrected chi connectivity index (χ0v) is 21.0. The van der Waals surface area contributed by atoms with Crippen LogP contribution >= 0.6 is 0 Å². The van der Waals surface area contributed by atoms with Crippen LogP contribution in [0.3, 0.4) is 0 Å². The maximum Gasteiger partial charge on any atom is 0.330 e. The van der Waals surface area contributed by atoms with E-state index in [2.05, 4.69) is 20.4 Å². The SMILES string of the molecule is C=CC(=O)OC(C)(C)C.CC(C)COCCOc1ccc(C=CC=Cc2ccc(O)cc2)cc1. The minimum absolute atomic E-state index is 0.279. The van der Waals surface area contributed by atoms with Gasteiger partial charge in [0.1, 0.15) is 23.7 Å². The molecule has 0 bridgehead atoms. The van der Waals surface area contributed by atoms with E-state index in [1.165, 1.54) is 0 Å². The highest BCUT2D eigenvalue weighted by molar-refractivity contribution is 5.81. The lowest BCUT2D eigenvalue weighted by atomic mass is 10.2. The van der Waals surface area contributed by atoms with Crippen LogP contribution in [-0.2, 0) is 14.3 Å². The molecule has 2 aromatic rings. The van der Waals surface area contributed by atoms with Gasteiger partial charge in [0.25, 0.3) is 0 Å². The fraction of sp³-hybridized carbons (Fsp3) is 0.345. The van der Waals surface area contributed by atoms with Gasteiger partial charge in [-0.3, -0.25) is 0 Å². The Morgan fingerprint density at radius 3 is 1.91 bits per heavy atom. The number of hydrogen-bond acceptors (Lipinski definition) is 5. The Kier molecular flexibility index (Phi) is 13.1. The number of rotatable bonds is 10. The van der Waals surface area contributed by atoms with Gasteiger partial charge in [-0.2, -0.15) is 0 Å². The number of phenols is 1. The van der Waals surface area contributed by atoms with E-state index in [0.29, 0.717) is 19.1 Å². The summed E-state index contributed by atoms with van der Waals surface area (Å²) in [5.41, 5.74) is 1.76. The van der Waals surface area contributed by atoms with E-state index >= 15 is 0 Å². The van der Waals surface area contributed by atoms with Crippen LogP contribution in [0.15, 0.2) is 73.3 Å². The second-order valence-electron chi connectivity index (χ2n) is 8.93. The molecular formula is C29H38O5. The smallest absolute Gasteiger partial charge is 0.330 e. The molecule has 1 N–H and O–H groups in total. The van der Waals surface area contributed by atoms with Crippen LogP contribution in [0.4, 0.5) is 0 Å². The molecule has 0 aliphatic heterocycles. The van der Waals surface area contributed by atoms with Crippen molar-refractivity contribution in [1.82, 2.24) is 0 Å². The summed E-state index contributed by atoms with van der Waals surface area (Å²) in [6.07, 6.45) is 9.15. The Hall–Kier alpha value is -3.31. The molecule has 0 saturated heterocycles. The molecule has 5 heteroatoms. The standard InChI is InChI=1S/C22H26O3.C7H12O2/c1-18(2)17-24-15-16-25-22-13-9-20(10-14-22)6-4-3-5-19-7-11-21(23)12-8-19;1-5-6(8)9-7(2,3)4/h3-14,18,23H,15-17H2,1-2H3;5H,1H2,2-4H3. The van der Waals surface area contributed by atoms with E-state index in [-0.39, 0.29) is 11.7 Å². The van der Waals surface area contributed by atoms with Crippen molar-refractivity contribution in [3.8, 4) is 11.5 Å². The fourth-order valence-corrected chi connectivity index (χ4v) is 2.47. The minimum atomic E-state index is -0.398. The lowest BCUT2D eigenvalue weighted by molar-refractivity contribution is -0.148. The molecule has 0 radical (unpaired) electrons. The van der Waals surface area contributed by atoms with Crippen molar-refractivity contribution >= 4 is 18.1 Å². The Balaban J connectivity index is 0.000000546. The molecule has 0 unspecified atom stereocenters. The summed E-state index contributed by atoms with van der Waals surface area (Å²) < 4.78 is 16.0. The van der Waals surface area contributed by atoms with Gasteiger partial charge in [-0.1, -0.05) is 69.0 Å². The fourth-order valence-electron chi connectivity index (χ4n) is 2.47. The van der Waals surface area contributed by atoms with E-state index in [9.17, 15) is 9.90 Å². The van der Waals surface area contributed by atoms with Crippen LogP contribution in [-0.4, -0.2) is 36.5 Å². The Morgan fingerprint density at radius 1 is 0.941 bits per heavy atom. The molecule has 0 amide bonds. The molecule has 0 spiro atoms. The monoisotopic (exact) mass is 466 g/mol. The number of carbonyl (C=O) groups excluding carboxylic acids is 1. The maximum atomic E-state index is 10.5. The van der Waals surface area contributed by atoms with Crippen molar-refractivity contribution in [1.29, 1.82) is 0 Å². The molecule has 184 valence electrons. The molecule has 0 fully saturated rings. The van der Waals surface area contributed by atoms with Crippen LogP contribution in [0, 0.1) is 5.92 Å². The second kappa shape index (κ2) is 15.5. The molecule has 0 saturated carbocycles. The molecule has 5 nitrogen and oxygen atoms in total.